The van der Waals surface area contributed by atoms with Gasteiger partial charge in [0.05, 0.1) is 18.1 Å². The molecule has 1 aromatic rings. The van der Waals surface area contributed by atoms with Crippen molar-refractivity contribution in [2.24, 2.45) is 5.73 Å². The minimum Gasteiger partial charge on any atom is -0.389 e. The van der Waals surface area contributed by atoms with Crippen LogP contribution in [0.2, 0.25) is 0 Å². The monoisotopic (exact) mass is 301 g/mol. The van der Waals surface area contributed by atoms with Crippen LogP contribution in [-0.4, -0.2) is 44.7 Å². The van der Waals surface area contributed by atoms with Crippen LogP contribution in [0.25, 0.3) is 0 Å². The Kier molecular flexibility index (Phi) is 4.48. The summed E-state index contributed by atoms with van der Waals surface area (Å²) in [7, 11) is -3.57. The molecule has 3 N–H and O–H groups in total. The first-order valence-corrected chi connectivity index (χ1v) is 7.63. The number of thiocarbonyl (C=S) groups is 1. The Morgan fingerprint density at radius 3 is 2.37 bits per heavy atom. The van der Waals surface area contributed by atoms with Gasteiger partial charge in [0.25, 0.3) is 10.0 Å². The molecule has 1 saturated heterocycles. The molecule has 0 aliphatic carbocycles. The molecule has 19 heavy (non-hydrogen) atoms. The number of hydrazine groups is 1. The normalized spacial score (nSPS) is 17.3. The van der Waals surface area contributed by atoms with Gasteiger partial charge in [0, 0.05) is 18.7 Å². The van der Waals surface area contributed by atoms with Crippen molar-refractivity contribution < 1.29 is 13.2 Å². The second kappa shape index (κ2) is 5.93. The van der Waals surface area contributed by atoms with Gasteiger partial charge in [-0.3, -0.25) is 0 Å². The third kappa shape index (κ3) is 3.71. The molecule has 104 valence electrons. The van der Waals surface area contributed by atoms with Crippen molar-refractivity contribution in [2.45, 2.75) is 4.90 Å². The molecule has 0 spiro atoms. The van der Waals surface area contributed by atoms with E-state index in [-0.39, 0.29) is 9.88 Å². The average Bonchev–Trinajstić information content (AvgIpc) is 2.39. The van der Waals surface area contributed by atoms with Crippen molar-refractivity contribution in [3.63, 3.8) is 0 Å². The van der Waals surface area contributed by atoms with Crippen LogP contribution >= 0.6 is 12.2 Å². The molecule has 2 rings (SSSR count). The molecule has 1 aliphatic heterocycles. The number of nitrogens with zero attached hydrogens (tertiary/aromatic N) is 1. The largest absolute Gasteiger partial charge is 0.389 e. The van der Waals surface area contributed by atoms with Crippen molar-refractivity contribution in [1.29, 1.82) is 0 Å². The summed E-state index contributed by atoms with van der Waals surface area (Å²) in [5.41, 5.74) is 6.11. The Morgan fingerprint density at radius 1 is 1.26 bits per heavy atom. The van der Waals surface area contributed by atoms with Crippen molar-refractivity contribution in [2.75, 3.05) is 26.3 Å². The number of morpholine rings is 1. The number of benzene rings is 1. The average molecular weight is 301 g/mol. The van der Waals surface area contributed by atoms with E-state index in [0.29, 0.717) is 31.9 Å². The predicted molar refractivity (Wildman–Crippen MR) is 75.0 cm³/mol. The molecule has 0 aromatic heterocycles. The summed E-state index contributed by atoms with van der Waals surface area (Å²) in [5, 5.41) is 1.63. The van der Waals surface area contributed by atoms with E-state index >= 15 is 0 Å². The molecule has 8 heteroatoms. The van der Waals surface area contributed by atoms with Gasteiger partial charge >= 0.3 is 0 Å². The minimum atomic E-state index is -3.57. The molecule has 0 unspecified atom stereocenters. The van der Waals surface area contributed by atoms with Crippen molar-refractivity contribution >= 4 is 27.2 Å². The van der Waals surface area contributed by atoms with E-state index in [0.717, 1.165) is 0 Å². The third-order valence-corrected chi connectivity index (χ3v) is 4.34. The number of hydrogen-bond donors (Lipinski definition) is 2. The number of ether oxygens (including phenoxy) is 1. The van der Waals surface area contributed by atoms with E-state index in [2.05, 4.69) is 4.83 Å². The topological polar surface area (TPSA) is 84.7 Å². The molecule has 1 heterocycles. The Hall–Kier alpha value is -1.06. The number of rotatable bonds is 4. The zero-order valence-corrected chi connectivity index (χ0v) is 11.8. The van der Waals surface area contributed by atoms with E-state index in [1.165, 1.54) is 12.1 Å². The lowest BCUT2D eigenvalue weighted by atomic mass is 10.2. The van der Waals surface area contributed by atoms with Gasteiger partial charge in [0.2, 0.25) is 0 Å². The van der Waals surface area contributed by atoms with Gasteiger partial charge in [-0.25, -0.2) is 13.4 Å². The summed E-state index contributed by atoms with van der Waals surface area (Å²) in [6.07, 6.45) is 0. The quantitative estimate of drug-likeness (QED) is 0.752. The minimum absolute atomic E-state index is 0.180. The van der Waals surface area contributed by atoms with Gasteiger partial charge in [0.15, 0.2) is 0 Å². The SMILES string of the molecule is NC(=S)c1ccc(S(=O)(=O)NN2CCOCC2)cc1. The molecule has 6 nitrogen and oxygen atoms in total. The maximum Gasteiger partial charge on any atom is 0.253 e. The van der Waals surface area contributed by atoms with Gasteiger partial charge in [-0.05, 0) is 12.1 Å². The Balaban J connectivity index is 2.12. The Morgan fingerprint density at radius 2 is 1.84 bits per heavy atom. The molecular formula is C11H15N3O3S2. The highest BCUT2D eigenvalue weighted by Crippen LogP contribution is 2.11. The first-order chi connectivity index (χ1) is 8.99. The zero-order valence-electron chi connectivity index (χ0n) is 10.2. The van der Waals surface area contributed by atoms with Gasteiger partial charge in [-0.1, -0.05) is 24.4 Å². The van der Waals surface area contributed by atoms with Crippen molar-refractivity contribution in [1.82, 2.24) is 9.84 Å². The van der Waals surface area contributed by atoms with E-state index in [4.69, 9.17) is 22.7 Å². The number of hydrogen-bond acceptors (Lipinski definition) is 5. The molecule has 1 aromatic carbocycles. The zero-order chi connectivity index (χ0) is 13.9. The van der Waals surface area contributed by atoms with Crippen LogP contribution in [0, 0.1) is 0 Å². The molecular weight excluding hydrogens is 286 g/mol. The summed E-state index contributed by atoms with van der Waals surface area (Å²) >= 11 is 4.82. The Bertz CT molecular complexity index is 551. The second-order valence-electron chi connectivity index (χ2n) is 4.08. The lowest BCUT2D eigenvalue weighted by molar-refractivity contribution is 0.0272. The maximum absolute atomic E-state index is 12.1. The fraction of sp³-hybridized carbons (Fsp3) is 0.364. The highest BCUT2D eigenvalue weighted by Gasteiger charge is 2.20. The molecule has 1 aliphatic rings. The van der Waals surface area contributed by atoms with Crippen LogP contribution in [0.15, 0.2) is 29.2 Å². The van der Waals surface area contributed by atoms with Crippen LogP contribution in [0.3, 0.4) is 0 Å². The lowest BCUT2D eigenvalue weighted by Crippen LogP contribution is -2.48. The van der Waals surface area contributed by atoms with Crippen LogP contribution in [0.4, 0.5) is 0 Å². The molecule has 1 fully saturated rings. The highest BCUT2D eigenvalue weighted by molar-refractivity contribution is 7.89. The van der Waals surface area contributed by atoms with E-state index in [1.54, 1.807) is 17.1 Å². The van der Waals surface area contributed by atoms with Crippen molar-refractivity contribution in [3.05, 3.63) is 29.8 Å². The fourth-order valence-electron chi connectivity index (χ4n) is 1.68. The molecule has 0 amide bonds. The van der Waals surface area contributed by atoms with Gasteiger partial charge in [-0.2, -0.15) is 0 Å². The number of nitrogens with two attached hydrogens (primary N) is 1. The summed E-state index contributed by atoms with van der Waals surface area (Å²) in [4.78, 5) is 2.94. The third-order valence-electron chi connectivity index (χ3n) is 2.71. The fourth-order valence-corrected chi connectivity index (χ4v) is 2.93. The van der Waals surface area contributed by atoms with Crippen LogP contribution in [0.5, 0.6) is 0 Å². The molecule has 0 saturated carbocycles. The van der Waals surface area contributed by atoms with Gasteiger partial charge in [-0.15, -0.1) is 4.83 Å². The first-order valence-electron chi connectivity index (χ1n) is 5.74. The van der Waals surface area contributed by atoms with E-state index in [1.807, 2.05) is 0 Å². The Labute approximate surface area is 117 Å². The molecule has 0 radical (unpaired) electrons. The van der Waals surface area contributed by atoms with Gasteiger partial charge < -0.3 is 10.5 Å². The summed E-state index contributed by atoms with van der Waals surface area (Å²) in [6.45, 7) is 2.10. The van der Waals surface area contributed by atoms with Crippen LogP contribution in [-0.2, 0) is 14.8 Å². The van der Waals surface area contributed by atoms with Gasteiger partial charge in [0.1, 0.15) is 4.99 Å². The van der Waals surface area contributed by atoms with Crippen molar-refractivity contribution in [3.8, 4) is 0 Å². The number of sulfonamides is 1. The van der Waals surface area contributed by atoms with E-state index in [9.17, 15) is 8.42 Å². The smallest absolute Gasteiger partial charge is 0.253 e. The lowest BCUT2D eigenvalue weighted by Gasteiger charge is -2.26. The predicted octanol–water partition coefficient (Wildman–Crippen LogP) is -0.154. The van der Waals surface area contributed by atoms with Crippen LogP contribution < -0.4 is 10.6 Å². The summed E-state index contributed by atoms with van der Waals surface area (Å²) in [6, 6.07) is 6.15. The van der Waals surface area contributed by atoms with E-state index < -0.39 is 10.0 Å². The second-order valence-corrected chi connectivity index (χ2v) is 6.18. The van der Waals surface area contributed by atoms with Crippen LogP contribution in [0.1, 0.15) is 5.56 Å². The molecule has 0 bridgehead atoms. The standard InChI is InChI=1S/C11H15N3O3S2/c12-11(18)9-1-3-10(4-2-9)19(15,16)13-14-5-7-17-8-6-14/h1-4,13H,5-8H2,(H2,12,18). The highest BCUT2D eigenvalue weighted by atomic mass is 32.2. The summed E-state index contributed by atoms with van der Waals surface area (Å²) in [5.74, 6) is 0. The number of nitrogens with one attached hydrogen (secondary N) is 1. The maximum atomic E-state index is 12.1. The molecule has 0 atom stereocenters. The first kappa shape index (κ1) is 14.4. The summed E-state index contributed by atoms with van der Waals surface area (Å²) < 4.78 is 29.4.